The highest BCUT2D eigenvalue weighted by Gasteiger charge is 2.24. The van der Waals surface area contributed by atoms with Gasteiger partial charge in [-0.3, -0.25) is 0 Å². The largest absolute Gasteiger partial charge is 0.338 e. The Morgan fingerprint density at radius 2 is 1.90 bits per heavy atom. The van der Waals surface area contributed by atoms with Crippen LogP contribution in [0.3, 0.4) is 0 Å². The molecular formula is C13H25N3O3S. The second-order valence-electron chi connectivity index (χ2n) is 5.66. The Bertz CT molecular complexity index is 419. The minimum atomic E-state index is -3.04. The van der Waals surface area contributed by atoms with Crippen molar-refractivity contribution in [2.45, 2.75) is 51.0 Å². The van der Waals surface area contributed by atoms with Crippen molar-refractivity contribution < 1.29 is 13.2 Å². The smallest absolute Gasteiger partial charge is 0.315 e. The van der Waals surface area contributed by atoms with Crippen molar-refractivity contribution in [2.75, 3.05) is 25.4 Å². The highest BCUT2D eigenvalue weighted by Crippen LogP contribution is 2.17. The van der Waals surface area contributed by atoms with Gasteiger partial charge in [0, 0.05) is 25.7 Å². The second kappa shape index (κ2) is 7.26. The van der Waals surface area contributed by atoms with Crippen LogP contribution in [0.1, 0.15) is 44.9 Å². The third-order valence-electron chi connectivity index (χ3n) is 4.01. The minimum Gasteiger partial charge on any atom is -0.338 e. The zero-order valence-corrected chi connectivity index (χ0v) is 12.8. The molecule has 116 valence electrons. The van der Waals surface area contributed by atoms with Crippen LogP contribution >= 0.6 is 0 Å². The quantitative estimate of drug-likeness (QED) is 0.745. The normalized spacial score (nSPS) is 23.6. The van der Waals surface area contributed by atoms with E-state index in [1.54, 1.807) is 4.31 Å². The highest BCUT2D eigenvalue weighted by atomic mass is 32.2. The Hall–Kier alpha value is -0.820. The molecule has 2 rings (SSSR count). The van der Waals surface area contributed by atoms with Crippen LogP contribution in [0.25, 0.3) is 0 Å². The van der Waals surface area contributed by atoms with Crippen molar-refractivity contribution >= 4 is 16.1 Å². The van der Waals surface area contributed by atoms with Gasteiger partial charge in [0.15, 0.2) is 0 Å². The summed E-state index contributed by atoms with van der Waals surface area (Å²) in [5, 5.41) is 5.76. The van der Waals surface area contributed by atoms with Gasteiger partial charge < -0.3 is 10.6 Å². The summed E-state index contributed by atoms with van der Waals surface area (Å²) in [7, 11) is -3.04. The number of nitrogens with zero attached hydrogens (tertiary/aromatic N) is 1. The molecule has 6 nitrogen and oxygen atoms in total. The molecule has 2 N–H and O–H groups in total. The molecule has 2 amide bonds. The first-order valence-electron chi connectivity index (χ1n) is 7.60. The Labute approximate surface area is 121 Å². The number of amides is 2. The van der Waals surface area contributed by atoms with E-state index in [0.717, 1.165) is 25.7 Å². The van der Waals surface area contributed by atoms with Crippen LogP contribution in [-0.2, 0) is 10.0 Å². The molecular weight excluding hydrogens is 278 g/mol. The maximum absolute atomic E-state index is 11.8. The van der Waals surface area contributed by atoms with Gasteiger partial charge >= 0.3 is 6.03 Å². The average Bonchev–Trinajstić information content (AvgIpc) is 2.88. The van der Waals surface area contributed by atoms with Crippen LogP contribution < -0.4 is 10.6 Å². The Kier molecular flexibility index (Phi) is 5.65. The summed E-state index contributed by atoms with van der Waals surface area (Å²) in [5.41, 5.74) is 0. The summed E-state index contributed by atoms with van der Waals surface area (Å²) in [6.07, 6.45) is 6.89. The second-order valence-corrected chi connectivity index (χ2v) is 7.75. The summed E-state index contributed by atoms with van der Waals surface area (Å²) in [4.78, 5) is 11.6. The number of hydrogen-bond donors (Lipinski definition) is 2. The van der Waals surface area contributed by atoms with E-state index in [0.29, 0.717) is 32.1 Å². The molecule has 1 saturated carbocycles. The van der Waals surface area contributed by atoms with Crippen molar-refractivity contribution in [1.29, 1.82) is 0 Å². The van der Waals surface area contributed by atoms with Gasteiger partial charge in [-0.15, -0.1) is 0 Å². The molecule has 0 aromatic rings. The van der Waals surface area contributed by atoms with E-state index < -0.39 is 10.0 Å². The van der Waals surface area contributed by atoms with Crippen molar-refractivity contribution in [3.63, 3.8) is 0 Å². The molecule has 1 heterocycles. The molecule has 1 aliphatic heterocycles. The summed E-state index contributed by atoms with van der Waals surface area (Å²) in [5.74, 6) is 0.266. The van der Waals surface area contributed by atoms with E-state index in [1.807, 2.05) is 0 Å². The first-order chi connectivity index (χ1) is 9.58. The van der Waals surface area contributed by atoms with Gasteiger partial charge in [0.2, 0.25) is 10.0 Å². The van der Waals surface area contributed by atoms with Gasteiger partial charge in [-0.25, -0.2) is 17.5 Å². The third-order valence-corrected chi connectivity index (χ3v) is 5.97. The van der Waals surface area contributed by atoms with Crippen LogP contribution in [0.15, 0.2) is 0 Å². The van der Waals surface area contributed by atoms with Gasteiger partial charge in [0.25, 0.3) is 0 Å². The molecule has 7 heteroatoms. The molecule has 0 radical (unpaired) electrons. The molecule has 0 bridgehead atoms. The Balaban J connectivity index is 1.59. The predicted octanol–water partition coefficient (Wildman–Crippen LogP) is 1.04. The lowest BCUT2D eigenvalue weighted by molar-refractivity contribution is 0.236. The van der Waals surface area contributed by atoms with Crippen LogP contribution in [-0.4, -0.2) is 50.2 Å². The SMILES string of the molecule is O=C(NCCCN1CCCCS1(=O)=O)NC1CCCC1. The molecule has 0 atom stereocenters. The van der Waals surface area contributed by atoms with Crippen LogP contribution in [0.2, 0.25) is 0 Å². The molecule has 0 aromatic heterocycles. The van der Waals surface area contributed by atoms with E-state index in [1.165, 1.54) is 12.8 Å². The maximum atomic E-state index is 11.8. The monoisotopic (exact) mass is 303 g/mol. The van der Waals surface area contributed by atoms with E-state index in [-0.39, 0.29) is 11.8 Å². The van der Waals surface area contributed by atoms with Crippen LogP contribution in [0.5, 0.6) is 0 Å². The fourth-order valence-electron chi connectivity index (χ4n) is 2.86. The zero-order valence-electron chi connectivity index (χ0n) is 11.9. The van der Waals surface area contributed by atoms with Crippen molar-refractivity contribution in [3.05, 3.63) is 0 Å². The molecule has 0 unspecified atom stereocenters. The lowest BCUT2D eigenvalue weighted by Crippen LogP contribution is -2.43. The Morgan fingerprint density at radius 1 is 1.15 bits per heavy atom. The topological polar surface area (TPSA) is 78.5 Å². The van der Waals surface area contributed by atoms with Crippen molar-refractivity contribution in [3.8, 4) is 0 Å². The summed E-state index contributed by atoms with van der Waals surface area (Å²) >= 11 is 0. The van der Waals surface area contributed by atoms with E-state index in [4.69, 9.17) is 0 Å². The van der Waals surface area contributed by atoms with E-state index in [9.17, 15) is 13.2 Å². The standard InChI is InChI=1S/C13H25N3O3S/c17-13(15-12-6-1-2-7-12)14-8-5-10-16-9-3-4-11-20(16,18)19/h12H,1-11H2,(H2,14,15,17). The highest BCUT2D eigenvalue weighted by molar-refractivity contribution is 7.89. The van der Waals surface area contributed by atoms with Gasteiger partial charge in [0.1, 0.15) is 0 Å². The lowest BCUT2D eigenvalue weighted by atomic mass is 10.2. The molecule has 20 heavy (non-hydrogen) atoms. The number of carbonyl (C=O) groups is 1. The van der Waals surface area contributed by atoms with Crippen molar-refractivity contribution in [1.82, 2.24) is 14.9 Å². The number of nitrogens with one attached hydrogen (secondary N) is 2. The van der Waals surface area contributed by atoms with E-state index in [2.05, 4.69) is 10.6 Å². The molecule has 0 aromatic carbocycles. The number of hydrogen-bond acceptors (Lipinski definition) is 3. The van der Waals surface area contributed by atoms with Gasteiger partial charge in [-0.1, -0.05) is 12.8 Å². The number of urea groups is 1. The first-order valence-corrected chi connectivity index (χ1v) is 9.21. The van der Waals surface area contributed by atoms with Crippen LogP contribution in [0, 0.1) is 0 Å². The Morgan fingerprint density at radius 3 is 2.60 bits per heavy atom. The summed E-state index contributed by atoms with van der Waals surface area (Å²) < 4.78 is 25.1. The lowest BCUT2D eigenvalue weighted by Gasteiger charge is -2.26. The fourth-order valence-corrected chi connectivity index (χ4v) is 4.50. The van der Waals surface area contributed by atoms with E-state index >= 15 is 0 Å². The zero-order chi connectivity index (χ0) is 14.4. The average molecular weight is 303 g/mol. The number of carbonyl (C=O) groups excluding carboxylic acids is 1. The summed E-state index contributed by atoms with van der Waals surface area (Å²) in [6, 6.07) is 0.191. The first kappa shape index (κ1) is 15.6. The fraction of sp³-hybridized carbons (Fsp3) is 0.923. The number of rotatable bonds is 5. The molecule has 1 saturated heterocycles. The third kappa shape index (κ3) is 4.63. The molecule has 2 aliphatic rings. The van der Waals surface area contributed by atoms with Gasteiger partial charge in [0.05, 0.1) is 5.75 Å². The number of sulfonamides is 1. The summed E-state index contributed by atoms with van der Waals surface area (Å²) in [6.45, 7) is 1.65. The van der Waals surface area contributed by atoms with Crippen LogP contribution in [0.4, 0.5) is 4.79 Å². The maximum Gasteiger partial charge on any atom is 0.315 e. The molecule has 1 aliphatic carbocycles. The van der Waals surface area contributed by atoms with Gasteiger partial charge in [-0.05, 0) is 32.1 Å². The predicted molar refractivity (Wildman–Crippen MR) is 78.0 cm³/mol. The minimum absolute atomic E-state index is 0.126. The molecule has 2 fully saturated rings. The van der Waals surface area contributed by atoms with Gasteiger partial charge in [-0.2, -0.15) is 0 Å². The molecule has 0 spiro atoms. The van der Waals surface area contributed by atoms with Crippen molar-refractivity contribution in [2.24, 2.45) is 0 Å².